The third kappa shape index (κ3) is 4.29. The fraction of sp³-hybridized carbons (Fsp3) is 0.375. The molecule has 1 atom stereocenters. The number of nitrogens with zero attached hydrogens (tertiary/aromatic N) is 2. The van der Waals surface area contributed by atoms with E-state index < -0.39 is 6.04 Å². The van der Waals surface area contributed by atoms with Gasteiger partial charge in [0.25, 0.3) is 0 Å². The van der Waals surface area contributed by atoms with Crippen LogP contribution in [0.4, 0.5) is 0 Å². The van der Waals surface area contributed by atoms with Crippen LogP contribution in [0.25, 0.3) is 0 Å². The van der Waals surface area contributed by atoms with E-state index in [1.165, 1.54) is 0 Å². The summed E-state index contributed by atoms with van der Waals surface area (Å²) in [6, 6.07) is 5.36. The average Bonchev–Trinajstić information content (AvgIpc) is 2.61. The number of amides is 1. The van der Waals surface area contributed by atoms with Crippen LogP contribution in [-0.2, 0) is 4.79 Å². The van der Waals surface area contributed by atoms with Gasteiger partial charge in [-0.25, -0.2) is 0 Å². The van der Waals surface area contributed by atoms with Crippen LogP contribution in [0.3, 0.4) is 0 Å². The summed E-state index contributed by atoms with van der Waals surface area (Å²) in [5.41, 5.74) is 12.2. The lowest BCUT2D eigenvalue weighted by Crippen LogP contribution is -2.41. The number of piperidine rings is 1. The van der Waals surface area contributed by atoms with E-state index in [1.807, 2.05) is 0 Å². The highest BCUT2D eigenvalue weighted by Crippen LogP contribution is 2.12. The van der Waals surface area contributed by atoms with Crippen molar-refractivity contribution in [1.82, 2.24) is 4.90 Å². The number of hydrogen-bond donors (Lipinski definition) is 3. The summed E-state index contributed by atoms with van der Waals surface area (Å²) >= 11 is 0. The lowest BCUT2D eigenvalue weighted by molar-refractivity contribution is -0.131. The van der Waals surface area contributed by atoms with E-state index in [4.69, 9.17) is 16.7 Å². The first-order chi connectivity index (χ1) is 11.0. The highest BCUT2D eigenvalue weighted by atomic mass is 16.4. The summed E-state index contributed by atoms with van der Waals surface area (Å²) in [6.07, 6.45) is 3.91. The zero-order valence-electron chi connectivity index (χ0n) is 12.8. The quantitative estimate of drug-likeness (QED) is 0.240. The minimum absolute atomic E-state index is 0.000815. The van der Waals surface area contributed by atoms with Gasteiger partial charge in [-0.05, 0) is 19.3 Å². The zero-order chi connectivity index (χ0) is 16.8. The Kier molecular flexibility index (Phi) is 5.70. The van der Waals surface area contributed by atoms with E-state index >= 15 is 0 Å². The normalized spacial score (nSPS) is 16.9. The number of benzene rings is 1. The van der Waals surface area contributed by atoms with Gasteiger partial charge in [0.15, 0.2) is 11.6 Å². The topological polar surface area (TPSA) is 122 Å². The van der Waals surface area contributed by atoms with Crippen LogP contribution in [0.5, 0.6) is 0 Å². The first kappa shape index (κ1) is 17.0. The number of hydrogen-bond acceptors (Lipinski definition) is 5. The molecule has 0 aromatic heterocycles. The molecule has 7 heteroatoms. The fourth-order valence-electron chi connectivity index (χ4n) is 2.49. The fourth-order valence-corrected chi connectivity index (χ4v) is 2.49. The highest BCUT2D eigenvalue weighted by molar-refractivity contribution is 6.03. The number of carbonyl (C=O) groups excluding carboxylic acids is 2. The molecule has 2 rings (SSSR count). The highest BCUT2D eigenvalue weighted by Gasteiger charge is 2.23. The molecule has 1 aromatic carbocycles. The Morgan fingerprint density at radius 3 is 2.30 bits per heavy atom. The van der Waals surface area contributed by atoms with Crippen LogP contribution < -0.4 is 11.5 Å². The molecule has 1 aromatic rings. The molecule has 23 heavy (non-hydrogen) atoms. The molecule has 1 fully saturated rings. The number of rotatable bonds is 5. The summed E-state index contributed by atoms with van der Waals surface area (Å²) in [6.45, 7) is 1.38. The molecule has 1 unspecified atom stereocenters. The van der Waals surface area contributed by atoms with Gasteiger partial charge >= 0.3 is 0 Å². The predicted molar refractivity (Wildman–Crippen MR) is 86.0 cm³/mol. The Bertz CT molecular complexity index is 592. The molecule has 1 heterocycles. The van der Waals surface area contributed by atoms with E-state index in [9.17, 15) is 9.59 Å². The molecular weight excluding hydrogens is 296 g/mol. The van der Waals surface area contributed by atoms with Crippen molar-refractivity contribution >= 4 is 17.5 Å². The smallest absolute Gasteiger partial charge is 0.224 e. The molecule has 1 aliphatic heterocycles. The third-order valence-electron chi connectivity index (χ3n) is 3.86. The van der Waals surface area contributed by atoms with E-state index in [-0.39, 0.29) is 23.9 Å². The number of likely N-dealkylation sites (tertiary alicyclic amines) is 1. The van der Waals surface area contributed by atoms with Crippen molar-refractivity contribution in [2.75, 3.05) is 13.1 Å². The standard InChI is InChI=1S/C16H21N4O3/c17-13(10-14(21)20-8-2-1-3-9-20)15(22)11-4-6-12(7-5-11)16(18)19-23/h1,4-7,13,23H,2-3,8-10,17H2,(H2,18,19). The van der Waals surface area contributed by atoms with Crippen LogP contribution >= 0.6 is 0 Å². The molecule has 0 aliphatic carbocycles. The Morgan fingerprint density at radius 2 is 1.74 bits per heavy atom. The number of carbonyl (C=O) groups is 2. The van der Waals surface area contributed by atoms with E-state index in [0.29, 0.717) is 24.2 Å². The van der Waals surface area contributed by atoms with Gasteiger partial charge in [-0.1, -0.05) is 29.4 Å². The van der Waals surface area contributed by atoms with Crippen molar-refractivity contribution in [3.05, 3.63) is 41.8 Å². The van der Waals surface area contributed by atoms with Crippen LogP contribution in [0, 0.1) is 6.42 Å². The first-order valence-corrected chi connectivity index (χ1v) is 7.50. The van der Waals surface area contributed by atoms with Gasteiger partial charge in [0.2, 0.25) is 5.91 Å². The van der Waals surface area contributed by atoms with Crippen molar-refractivity contribution in [2.45, 2.75) is 25.3 Å². The van der Waals surface area contributed by atoms with Crippen LogP contribution in [0.1, 0.15) is 35.2 Å². The van der Waals surface area contributed by atoms with Gasteiger partial charge in [0.1, 0.15) is 0 Å². The maximum absolute atomic E-state index is 12.3. The molecule has 123 valence electrons. The maximum Gasteiger partial charge on any atom is 0.224 e. The van der Waals surface area contributed by atoms with Gasteiger partial charge in [-0.15, -0.1) is 0 Å². The lowest BCUT2D eigenvalue weighted by atomic mass is 10.00. The van der Waals surface area contributed by atoms with Gasteiger partial charge < -0.3 is 21.6 Å². The molecule has 0 bridgehead atoms. The Morgan fingerprint density at radius 1 is 1.17 bits per heavy atom. The second-order valence-corrected chi connectivity index (χ2v) is 5.48. The number of Topliss-reactive ketones (excluding diaryl/α,β-unsaturated/α-hetero) is 1. The Hall–Kier alpha value is -2.41. The van der Waals surface area contributed by atoms with Crippen molar-refractivity contribution in [3.8, 4) is 0 Å². The van der Waals surface area contributed by atoms with Crippen LogP contribution in [0.15, 0.2) is 29.4 Å². The van der Waals surface area contributed by atoms with Crippen molar-refractivity contribution < 1.29 is 14.8 Å². The van der Waals surface area contributed by atoms with Gasteiger partial charge in [-0.2, -0.15) is 0 Å². The number of oxime groups is 1. The Balaban J connectivity index is 1.97. The molecule has 1 amide bonds. The monoisotopic (exact) mass is 317 g/mol. The second-order valence-electron chi connectivity index (χ2n) is 5.48. The molecule has 5 N–H and O–H groups in total. The molecule has 1 radical (unpaired) electrons. The van der Waals surface area contributed by atoms with E-state index in [2.05, 4.69) is 11.6 Å². The van der Waals surface area contributed by atoms with E-state index in [1.54, 1.807) is 29.2 Å². The number of nitrogens with two attached hydrogens (primary N) is 2. The van der Waals surface area contributed by atoms with Crippen molar-refractivity contribution in [2.24, 2.45) is 16.6 Å². The first-order valence-electron chi connectivity index (χ1n) is 7.50. The summed E-state index contributed by atoms with van der Waals surface area (Å²) in [5.74, 6) is -0.425. The molecular formula is C16H21N4O3. The number of ketones is 1. The zero-order valence-corrected chi connectivity index (χ0v) is 12.8. The summed E-state index contributed by atoms with van der Waals surface area (Å²) in [5, 5.41) is 11.5. The van der Waals surface area contributed by atoms with Crippen LogP contribution in [0.2, 0.25) is 0 Å². The maximum atomic E-state index is 12.3. The summed E-state index contributed by atoms with van der Waals surface area (Å²) < 4.78 is 0. The lowest BCUT2D eigenvalue weighted by Gasteiger charge is -2.27. The number of amidine groups is 1. The van der Waals surface area contributed by atoms with Crippen molar-refractivity contribution in [3.63, 3.8) is 0 Å². The minimum atomic E-state index is -0.872. The predicted octanol–water partition coefficient (Wildman–Crippen LogP) is 0.508. The molecule has 0 saturated carbocycles. The van der Waals surface area contributed by atoms with Gasteiger partial charge in [0, 0.05) is 30.6 Å². The summed E-state index contributed by atoms with van der Waals surface area (Å²) in [7, 11) is 0. The molecule has 1 saturated heterocycles. The van der Waals surface area contributed by atoms with E-state index in [0.717, 1.165) is 12.8 Å². The molecule has 1 aliphatic rings. The molecule has 7 nitrogen and oxygen atoms in total. The molecule has 0 spiro atoms. The van der Waals surface area contributed by atoms with Crippen molar-refractivity contribution in [1.29, 1.82) is 0 Å². The van der Waals surface area contributed by atoms with Gasteiger partial charge in [0.05, 0.1) is 6.04 Å². The second kappa shape index (κ2) is 7.73. The van der Waals surface area contributed by atoms with Gasteiger partial charge in [-0.3, -0.25) is 9.59 Å². The third-order valence-corrected chi connectivity index (χ3v) is 3.86. The summed E-state index contributed by atoms with van der Waals surface area (Å²) in [4.78, 5) is 26.2. The minimum Gasteiger partial charge on any atom is -0.409 e. The SMILES string of the molecule is NC(=NO)c1ccc(C(=O)C(N)CC(=O)N2CC[CH]CC2)cc1. The Labute approximate surface area is 134 Å². The largest absolute Gasteiger partial charge is 0.409 e. The van der Waals surface area contributed by atoms with Crippen LogP contribution in [-0.4, -0.2) is 46.8 Å². The average molecular weight is 317 g/mol.